The lowest BCUT2D eigenvalue weighted by Gasteiger charge is -2.22. The summed E-state index contributed by atoms with van der Waals surface area (Å²) in [7, 11) is 0. The highest BCUT2D eigenvalue weighted by atomic mass is 16.1. The zero-order valence-electron chi connectivity index (χ0n) is 9.61. The average molecular weight is 185 g/mol. The van der Waals surface area contributed by atoms with Crippen LogP contribution in [0.15, 0.2) is 0 Å². The molecule has 0 aliphatic carbocycles. The highest BCUT2D eigenvalue weighted by molar-refractivity contribution is 5.73. The Balaban J connectivity index is 3.79. The van der Waals surface area contributed by atoms with Gasteiger partial charge in [0.05, 0.1) is 0 Å². The first-order valence-corrected chi connectivity index (χ1v) is 5.12. The monoisotopic (exact) mass is 185 g/mol. The second-order valence-corrected chi connectivity index (χ2v) is 4.91. The molecule has 13 heavy (non-hydrogen) atoms. The van der Waals surface area contributed by atoms with Gasteiger partial charge in [-0.2, -0.15) is 0 Å². The van der Waals surface area contributed by atoms with E-state index in [0.29, 0.717) is 11.5 Å². The van der Waals surface area contributed by atoms with E-state index in [4.69, 9.17) is 0 Å². The van der Waals surface area contributed by atoms with Gasteiger partial charge in [-0.3, -0.25) is 4.79 Å². The summed E-state index contributed by atoms with van der Waals surface area (Å²) >= 11 is 0. The van der Waals surface area contributed by atoms with E-state index in [1.807, 2.05) is 0 Å². The summed E-state index contributed by atoms with van der Waals surface area (Å²) in [5.41, 5.74) is 0.367. The van der Waals surface area contributed by atoms with Crippen LogP contribution in [0, 0.1) is 5.41 Å². The van der Waals surface area contributed by atoms with Gasteiger partial charge >= 0.3 is 0 Å². The molecule has 78 valence electrons. The minimum Gasteiger partial charge on any atom is -0.354 e. The predicted octanol–water partition coefficient (Wildman–Crippen LogP) is 2.73. The Hall–Kier alpha value is -0.530. The molecule has 1 N–H and O–H groups in total. The zero-order chi connectivity index (χ0) is 10.5. The van der Waals surface area contributed by atoms with E-state index >= 15 is 0 Å². The first-order chi connectivity index (χ1) is 5.85. The number of carbonyl (C=O) groups is 1. The van der Waals surface area contributed by atoms with Crippen LogP contribution >= 0.6 is 0 Å². The van der Waals surface area contributed by atoms with Crippen LogP contribution < -0.4 is 5.32 Å². The SMILES string of the molecule is CCC(CCC(C)(C)C)NC(C)=O. The number of nitrogens with one attached hydrogen (secondary N) is 1. The van der Waals surface area contributed by atoms with Gasteiger partial charge in [-0.05, 0) is 24.7 Å². The molecule has 0 aromatic rings. The van der Waals surface area contributed by atoms with Gasteiger partial charge in [0.2, 0.25) is 5.91 Å². The molecule has 0 radical (unpaired) electrons. The van der Waals surface area contributed by atoms with Crippen molar-refractivity contribution in [3.8, 4) is 0 Å². The van der Waals surface area contributed by atoms with Gasteiger partial charge in [0.15, 0.2) is 0 Å². The van der Waals surface area contributed by atoms with Crippen LogP contribution in [0.1, 0.15) is 53.9 Å². The average Bonchev–Trinajstić information content (AvgIpc) is 1.95. The van der Waals surface area contributed by atoms with Crippen LogP contribution in [0.3, 0.4) is 0 Å². The number of rotatable bonds is 4. The third-order valence-electron chi connectivity index (χ3n) is 2.14. The summed E-state index contributed by atoms with van der Waals surface area (Å²) in [5.74, 6) is 0.0840. The molecular formula is C11H23NO. The van der Waals surface area contributed by atoms with Crippen LogP contribution in [0.4, 0.5) is 0 Å². The molecule has 2 heteroatoms. The standard InChI is InChI=1S/C11H23NO/c1-6-10(12-9(2)13)7-8-11(3,4)5/h10H,6-8H2,1-5H3,(H,12,13). The third kappa shape index (κ3) is 7.82. The lowest BCUT2D eigenvalue weighted by atomic mass is 9.88. The molecule has 0 heterocycles. The molecule has 0 saturated carbocycles. The molecule has 1 unspecified atom stereocenters. The van der Waals surface area contributed by atoms with Gasteiger partial charge in [0.25, 0.3) is 0 Å². The van der Waals surface area contributed by atoms with E-state index in [-0.39, 0.29) is 5.91 Å². The Bertz CT molecular complexity index is 158. The molecule has 0 saturated heterocycles. The van der Waals surface area contributed by atoms with E-state index in [9.17, 15) is 4.79 Å². The van der Waals surface area contributed by atoms with Gasteiger partial charge in [-0.1, -0.05) is 27.7 Å². The summed E-state index contributed by atoms with van der Waals surface area (Å²) in [6, 6.07) is 0.358. The van der Waals surface area contributed by atoms with E-state index in [1.165, 1.54) is 0 Å². The van der Waals surface area contributed by atoms with Gasteiger partial charge in [-0.15, -0.1) is 0 Å². The van der Waals surface area contributed by atoms with Crippen molar-refractivity contribution in [1.29, 1.82) is 0 Å². The Morgan fingerprint density at radius 1 is 1.38 bits per heavy atom. The minimum atomic E-state index is 0.0840. The van der Waals surface area contributed by atoms with Crippen molar-refractivity contribution in [2.75, 3.05) is 0 Å². The van der Waals surface area contributed by atoms with Crippen LogP contribution in [-0.4, -0.2) is 11.9 Å². The highest BCUT2D eigenvalue weighted by Gasteiger charge is 2.14. The van der Waals surface area contributed by atoms with Gasteiger partial charge in [-0.25, -0.2) is 0 Å². The topological polar surface area (TPSA) is 29.1 Å². The van der Waals surface area contributed by atoms with Crippen molar-refractivity contribution in [3.05, 3.63) is 0 Å². The van der Waals surface area contributed by atoms with Crippen LogP contribution in [0.5, 0.6) is 0 Å². The van der Waals surface area contributed by atoms with Crippen LogP contribution in [-0.2, 0) is 4.79 Å². The Kier molecular flexibility index (Phi) is 5.04. The predicted molar refractivity (Wildman–Crippen MR) is 56.6 cm³/mol. The first kappa shape index (κ1) is 12.5. The maximum absolute atomic E-state index is 10.8. The Morgan fingerprint density at radius 2 is 1.92 bits per heavy atom. The fourth-order valence-electron chi connectivity index (χ4n) is 1.27. The van der Waals surface area contributed by atoms with E-state index in [1.54, 1.807) is 6.92 Å². The molecule has 1 atom stereocenters. The van der Waals surface area contributed by atoms with Crippen molar-refractivity contribution in [2.24, 2.45) is 5.41 Å². The van der Waals surface area contributed by atoms with E-state index < -0.39 is 0 Å². The van der Waals surface area contributed by atoms with Crippen molar-refractivity contribution in [3.63, 3.8) is 0 Å². The smallest absolute Gasteiger partial charge is 0.217 e. The highest BCUT2D eigenvalue weighted by Crippen LogP contribution is 2.22. The fourth-order valence-corrected chi connectivity index (χ4v) is 1.27. The normalized spacial score (nSPS) is 13.9. The molecule has 0 aliphatic heterocycles. The number of hydrogen-bond donors (Lipinski definition) is 1. The molecule has 0 bridgehead atoms. The summed E-state index contributed by atoms with van der Waals surface area (Å²) in [5, 5.41) is 2.96. The first-order valence-electron chi connectivity index (χ1n) is 5.12. The largest absolute Gasteiger partial charge is 0.354 e. The van der Waals surface area contributed by atoms with Crippen LogP contribution in [0.25, 0.3) is 0 Å². The number of carbonyl (C=O) groups excluding carboxylic acids is 1. The molecule has 2 nitrogen and oxygen atoms in total. The third-order valence-corrected chi connectivity index (χ3v) is 2.14. The second kappa shape index (κ2) is 5.25. The Morgan fingerprint density at radius 3 is 2.23 bits per heavy atom. The summed E-state index contributed by atoms with van der Waals surface area (Å²) in [6.07, 6.45) is 3.26. The number of amides is 1. The molecule has 0 aliphatic rings. The van der Waals surface area contributed by atoms with Crippen LogP contribution in [0.2, 0.25) is 0 Å². The van der Waals surface area contributed by atoms with Crippen molar-refractivity contribution < 1.29 is 4.79 Å². The van der Waals surface area contributed by atoms with Crippen molar-refractivity contribution >= 4 is 5.91 Å². The van der Waals surface area contributed by atoms with Crippen molar-refractivity contribution in [1.82, 2.24) is 5.32 Å². The fraction of sp³-hybridized carbons (Fsp3) is 0.909. The van der Waals surface area contributed by atoms with E-state index in [0.717, 1.165) is 19.3 Å². The molecular weight excluding hydrogens is 162 g/mol. The quantitative estimate of drug-likeness (QED) is 0.717. The van der Waals surface area contributed by atoms with Gasteiger partial charge in [0, 0.05) is 13.0 Å². The number of hydrogen-bond acceptors (Lipinski definition) is 1. The summed E-state index contributed by atoms with van der Waals surface area (Å²) < 4.78 is 0. The molecule has 0 rings (SSSR count). The Labute approximate surface area is 82.1 Å². The molecule has 0 aromatic heterocycles. The molecule has 0 spiro atoms. The lowest BCUT2D eigenvalue weighted by Crippen LogP contribution is -2.33. The van der Waals surface area contributed by atoms with E-state index in [2.05, 4.69) is 33.0 Å². The van der Waals surface area contributed by atoms with Gasteiger partial charge in [0.1, 0.15) is 0 Å². The van der Waals surface area contributed by atoms with Gasteiger partial charge < -0.3 is 5.32 Å². The molecule has 0 fully saturated rings. The lowest BCUT2D eigenvalue weighted by molar-refractivity contribution is -0.119. The maximum Gasteiger partial charge on any atom is 0.217 e. The van der Waals surface area contributed by atoms with Crippen molar-refractivity contribution in [2.45, 2.75) is 59.9 Å². The summed E-state index contributed by atoms with van der Waals surface area (Å²) in [4.78, 5) is 10.8. The zero-order valence-corrected chi connectivity index (χ0v) is 9.61. The minimum absolute atomic E-state index is 0.0840. The maximum atomic E-state index is 10.8. The summed E-state index contributed by atoms with van der Waals surface area (Å²) in [6.45, 7) is 10.4. The molecule has 1 amide bonds. The second-order valence-electron chi connectivity index (χ2n) is 4.91. The molecule has 0 aromatic carbocycles.